The van der Waals surface area contributed by atoms with Crippen LogP contribution in [-0.4, -0.2) is 33.5 Å². The van der Waals surface area contributed by atoms with Crippen LogP contribution in [0.1, 0.15) is 17.5 Å². The molecule has 2 heterocycles. The molecule has 0 radical (unpaired) electrons. The fourth-order valence-corrected chi connectivity index (χ4v) is 5.39. The van der Waals surface area contributed by atoms with Crippen molar-refractivity contribution in [3.63, 3.8) is 0 Å². The summed E-state index contributed by atoms with van der Waals surface area (Å²) in [6, 6.07) is 22.4. The zero-order valence-electron chi connectivity index (χ0n) is 21.0. The Labute approximate surface area is 226 Å². The molecule has 0 amide bonds. The number of alkyl halides is 3. The van der Waals surface area contributed by atoms with Crippen molar-refractivity contribution in [2.45, 2.75) is 30.1 Å². The van der Waals surface area contributed by atoms with Crippen LogP contribution in [0.5, 0.6) is 0 Å². The summed E-state index contributed by atoms with van der Waals surface area (Å²) in [6.07, 6.45) is -4.05. The Morgan fingerprint density at radius 1 is 0.923 bits per heavy atom. The smallest absolute Gasteiger partial charge is 0.385 e. The molecule has 0 spiro atoms. The maximum Gasteiger partial charge on any atom is 0.416 e. The van der Waals surface area contributed by atoms with Crippen LogP contribution in [0.25, 0.3) is 33.5 Å². The number of halogens is 4. The molecular formula is C29H24F4N4OS. The average Bonchev–Trinajstić information content (AvgIpc) is 3.34. The Kier molecular flexibility index (Phi) is 7.94. The molecule has 0 bridgehead atoms. The van der Waals surface area contributed by atoms with E-state index in [0.29, 0.717) is 30.6 Å². The van der Waals surface area contributed by atoms with E-state index in [1.165, 1.54) is 0 Å². The Bertz CT molecular complexity index is 1590. The van der Waals surface area contributed by atoms with E-state index >= 15 is 0 Å². The van der Waals surface area contributed by atoms with Gasteiger partial charge < -0.3 is 9.30 Å². The van der Waals surface area contributed by atoms with E-state index in [1.807, 2.05) is 65.2 Å². The van der Waals surface area contributed by atoms with Crippen molar-refractivity contribution < 1.29 is 22.3 Å². The van der Waals surface area contributed by atoms with Crippen LogP contribution in [0.3, 0.4) is 0 Å². The fourth-order valence-electron chi connectivity index (χ4n) is 4.39. The molecule has 0 aliphatic heterocycles. The number of rotatable bonds is 9. The first kappa shape index (κ1) is 26.8. The van der Waals surface area contributed by atoms with Crippen molar-refractivity contribution in [3.8, 4) is 22.6 Å². The molecule has 0 atom stereocenters. The van der Waals surface area contributed by atoms with Gasteiger partial charge in [0.15, 0.2) is 11.0 Å². The molecule has 5 nitrogen and oxygen atoms in total. The predicted octanol–water partition coefficient (Wildman–Crippen LogP) is 7.65. The van der Waals surface area contributed by atoms with Gasteiger partial charge in [-0.15, -0.1) is 10.2 Å². The van der Waals surface area contributed by atoms with E-state index in [1.54, 1.807) is 7.11 Å². The van der Waals surface area contributed by atoms with Crippen LogP contribution >= 0.6 is 11.8 Å². The number of fused-ring (bicyclic) bond motifs is 1. The summed E-state index contributed by atoms with van der Waals surface area (Å²) in [5.41, 5.74) is 1.85. The van der Waals surface area contributed by atoms with Crippen LogP contribution in [0, 0.1) is 5.82 Å². The number of ether oxygens (including phenoxy) is 1. The van der Waals surface area contributed by atoms with E-state index < -0.39 is 23.1 Å². The molecule has 5 rings (SSSR count). The second-order valence-electron chi connectivity index (χ2n) is 8.79. The monoisotopic (exact) mass is 552 g/mol. The molecule has 2 aromatic heterocycles. The summed E-state index contributed by atoms with van der Waals surface area (Å²) in [6.45, 7) is 0.929. The standard InChI is InChI=1S/C29H24F4N4OS/c1-38-16-8-15-37-27(35-36-28(37)39-18-22-23(29(31,32)33)12-7-13-24(22)30)21-17-26(19-9-3-2-4-10-19)34-25-14-6-5-11-20(21)25/h2-7,9-14,17H,8,15-16,18H2,1H3. The molecule has 0 saturated carbocycles. The van der Waals surface area contributed by atoms with Crippen LogP contribution in [0.15, 0.2) is 84.0 Å². The van der Waals surface area contributed by atoms with Gasteiger partial charge in [-0.1, -0.05) is 66.4 Å². The third-order valence-electron chi connectivity index (χ3n) is 6.24. The van der Waals surface area contributed by atoms with E-state index in [-0.39, 0.29) is 5.75 Å². The van der Waals surface area contributed by atoms with Gasteiger partial charge in [0.1, 0.15) is 5.82 Å². The quantitative estimate of drug-likeness (QED) is 0.107. The zero-order valence-corrected chi connectivity index (χ0v) is 21.8. The Hall–Kier alpha value is -3.76. The van der Waals surface area contributed by atoms with Gasteiger partial charge in [0.25, 0.3) is 0 Å². The van der Waals surface area contributed by atoms with Gasteiger partial charge in [0.05, 0.1) is 16.8 Å². The third kappa shape index (κ3) is 5.81. The number of aromatic nitrogens is 4. The molecular weight excluding hydrogens is 528 g/mol. The molecule has 0 N–H and O–H groups in total. The summed E-state index contributed by atoms with van der Waals surface area (Å²) in [5.74, 6) is -0.611. The highest BCUT2D eigenvalue weighted by Crippen LogP contribution is 2.37. The SMILES string of the molecule is COCCCn1c(SCc2c(F)cccc2C(F)(F)F)nnc1-c1cc(-c2ccccc2)nc2ccccc12. The first-order valence-corrected chi connectivity index (χ1v) is 13.2. The van der Waals surface area contributed by atoms with Crippen LogP contribution in [0.2, 0.25) is 0 Å². The highest BCUT2D eigenvalue weighted by Gasteiger charge is 2.34. The number of thioether (sulfide) groups is 1. The largest absolute Gasteiger partial charge is 0.416 e. The number of nitrogens with zero attached hydrogens (tertiary/aromatic N) is 4. The van der Waals surface area contributed by atoms with Crippen molar-refractivity contribution in [2.24, 2.45) is 0 Å². The van der Waals surface area contributed by atoms with E-state index in [2.05, 4.69) is 10.2 Å². The fraction of sp³-hybridized carbons (Fsp3) is 0.207. The number of para-hydroxylation sites is 1. The minimum atomic E-state index is -4.67. The minimum Gasteiger partial charge on any atom is -0.385 e. The maximum absolute atomic E-state index is 14.5. The molecule has 0 aliphatic carbocycles. The lowest BCUT2D eigenvalue weighted by atomic mass is 10.0. The molecule has 5 aromatic rings. The second kappa shape index (κ2) is 11.5. The molecule has 10 heteroatoms. The molecule has 3 aromatic carbocycles. The van der Waals surface area contributed by atoms with Crippen molar-refractivity contribution >= 4 is 22.7 Å². The second-order valence-corrected chi connectivity index (χ2v) is 9.74. The Morgan fingerprint density at radius 2 is 1.69 bits per heavy atom. The Balaban J connectivity index is 1.59. The lowest BCUT2D eigenvalue weighted by Crippen LogP contribution is -2.10. The first-order valence-electron chi connectivity index (χ1n) is 12.2. The highest BCUT2D eigenvalue weighted by molar-refractivity contribution is 7.98. The average molecular weight is 553 g/mol. The predicted molar refractivity (Wildman–Crippen MR) is 144 cm³/mol. The summed E-state index contributed by atoms with van der Waals surface area (Å²) in [5, 5.41) is 10.0. The van der Waals surface area contributed by atoms with Gasteiger partial charge >= 0.3 is 6.18 Å². The van der Waals surface area contributed by atoms with Crippen LogP contribution in [-0.2, 0) is 23.2 Å². The van der Waals surface area contributed by atoms with Gasteiger partial charge in [-0.05, 0) is 30.7 Å². The minimum absolute atomic E-state index is 0.254. The van der Waals surface area contributed by atoms with Gasteiger partial charge in [-0.25, -0.2) is 9.37 Å². The molecule has 0 aliphatic rings. The van der Waals surface area contributed by atoms with Crippen molar-refractivity contribution in [2.75, 3.05) is 13.7 Å². The van der Waals surface area contributed by atoms with Gasteiger partial charge in [-0.3, -0.25) is 0 Å². The maximum atomic E-state index is 14.5. The van der Waals surface area contributed by atoms with Gasteiger partial charge in [-0.2, -0.15) is 13.2 Å². The van der Waals surface area contributed by atoms with E-state index in [4.69, 9.17) is 9.72 Å². The van der Waals surface area contributed by atoms with Crippen molar-refractivity contribution in [1.82, 2.24) is 19.7 Å². The zero-order chi connectivity index (χ0) is 27.4. The molecule has 200 valence electrons. The van der Waals surface area contributed by atoms with Crippen LogP contribution < -0.4 is 0 Å². The lowest BCUT2D eigenvalue weighted by molar-refractivity contribution is -0.138. The topological polar surface area (TPSA) is 52.8 Å². The van der Waals surface area contributed by atoms with E-state index in [0.717, 1.165) is 57.7 Å². The normalized spacial score (nSPS) is 11.8. The summed E-state index contributed by atoms with van der Waals surface area (Å²) in [4.78, 5) is 4.83. The van der Waals surface area contributed by atoms with Crippen molar-refractivity contribution in [1.29, 1.82) is 0 Å². The third-order valence-corrected chi connectivity index (χ3v) is 7.24. The van der Waals surface area contributed by atoms with Crippen molar-refractivity contribution in [3.05, 3.63) is 95.8 Å². The van der Waals surface area contributed by atoms with Gasteiger partial charge in [0.2, 0.25) is 0 Å². The number of pyridine rings is 1. The number of hydrogen-bond donors (Lipinski definition) is 0. The molecule has 0 unspecified atom stereocenters. The summed E-state index contributed by atoms with van der Waals surface area (Å²) in [7, 11) is 1.60. The first-order chi connectivity index (χ1) is 18.9. The Morgan fingerprint density at radius 3 is 2.46 bits per heavy atom. The molecule has 0 saturated heterocycles. The van der Waals surface area contributed by atoms with Crippen LogP contribution in [0.4, 0.5) is 17.6 Å². The highest BCUT2D eigenvalue weighted by atomic mass is 32.2. The van der Waals surface area contributed by atoms with Gasteiger partial charge in [0, 0.05) is 48.1 Å². The summed E-state index contributed by atoms with van der Waals surface area (Å²) < 4.78 is 62.3. The van der Waals surface area contributed by atoms with E-state index in [9.17, 15) is 17.6 Å². The number of benzene rings is 3. The molecule has 39 heavy (non-hydrogen) atoms. The lowest BCUT2D eigenvalue weighted by Gasteiger charge is -2.15. The number of hydrogen-bond acceptors (Lipinski definition) is 5. The number of methoxy groups -OCH3 is 1. The molecule has 0 fully saturated rings. The summed E-state index contributed by atoms with van der Waals surface area (Å²) >= 11 is 1.02.